The van der Waals surface area contributed by atoms with Gasteiger partial charge in [-0.25, -0.2) is 9.36 Å². The number of carboxylic acids is 4. The van der Waals surface area contributed by atoms with Crippen LogP contribution in [0.15, 0.2) is 66.5 Å². The van der Waals surface area contributed by atoms with E-state index in [1.54, 1.807) is 33.7 Å². The fraction of sp³-hybridized carbons (Fsp3) is 0.353. The first-order chi connectivity index (χ1) is 31.5. The van der Waals surface area contributed by atoms with E-state index in [1.807, 2.05) is 0 Å². The zero-order valence-corrected chi connectivity index (χ0v) is 46.1. The van der Waals surface area contributed by atoms with Crippen molar-refractivity contribution in [1.29, 1.82) is 0 Å². The zero-order chi connectivity index (χ0) is 47.4. The van der Waals surface area contributed by atoms with Gasteiger partial charge in [-0.15, -0.1) is 33.7 Å². The summed E-state index contributed by atoms with van der Waals surface area (Å²) < 4.78 is 2.12. The summed E-state index contributed by atoms with van der Waals surface area (Å²) in [4.78, 5) is 97.6. The van der Waals surface area contributed by atoms with Gasteiger partial charge in [-0.1, -0.05) is 23.5 Å². The molecule has 0 saturated carbocycles. The Kier molecular flexibility index (Phi) is 20.8. The van der Waals surface area contributed by atoms with Gasteiger partial charge in [0.2, 0.25) is 10.3 Å². The Balaban J connectivity index is 0.000000247. The number of thiophene rings is 2. The summed E-state index contributed by atoms with van der Waals surface area (Å²) in [5.41, 5.74) is 0.967. The molecule has 68 heavy (non-hydrogen) atoms. The predicted molar refractivity (Wildman–Crippen MR) is 225 cm³/mol. The number of nitrogens with zero attached hydrogens (tertiary/aromatic N) is 10. The van der Waals surface area contributed by atoms with Crippen LogP contribution in [0.2, 0.25) is 0 Å². The number of nitrogens with one attached hydrogen (secondary N) is 2. The van der Waals surface area contributed by atoms with Crippen molar-refractivity contribution in [3.63, 3.8) is 0 Å². The van der Waals surface area contributed by atoms with Crippen LogP contribution in [-0.4, -0.2) is 164 Å². The molecule has 4 aromatic heterocycles. The fourth-order valence-corrected chi connectivity index (χ4v) is 12.6. The summed E-state index contributed by atoms with van der Waals surface area (Å²) in [6.07, 6.45) is -2.88. The van der Waals surface area contributed by atoms with Crippen molar-refractivity contribution >= 4 is 117 Å². The van der Waals surface area contributed by atoms with Gasteiger partial charge in [-0.3, -0.25) is 38.6 Å². The van der Waals surface area contributed by atoms with Gasteiger partial charge in [0.25, 0.3) is 23.6 Å². The number of hydrogen-bond acceptors (Lipinski definition) is 24. The molecule has 0 aromatic carbocycles. The van der Waals surface area contributed by atoms with Crippen molar-refractivity contribution in [2.24, 2.45) is 0 Å². The van der Waals surface area contributed by atoms with E-state index in [4.69, 9.17) is 10.2 Å². The Morgan fingerprint density at radius 2 is 1.07 bits per heavy atom. The smallest absolute Gasteiger partial charge is 0.543 e. The topological polar surface area (TPSA) is 381 Å². The number of carbonyl (C=O) groups excluding carboxylic acids is 6. The number of fused-ring (bicyclic) bond motifs is 2. The molecule has 4 aliphatic heterocycles. The number of β-lactam (4-membered cyclic amide) rings is 2. The molecule has 26 nitrogen and oxygen atoms in total. The minimum atomic E-state index is -1.54. The van der Waals surface area contributed by atoms with Gasteiger partial charge in [0.05, 0.1) is 23.3 Å². The molecule has 2 saturated heterocycles. The Morgan fingerprint density at radius 3 is 1.40 bits per heavy atom. The second-order valence-corrected chi connectivity index (χ2v) is 19.4. The van der Waals surface area contributed by atoms with Crippen LogP contribution in [0.25, 0.3) is 0 Å². The van der Waals surface area contributed by atoms with E-state index in [0.717, 1.165) is 42.7 Å². The number of aliphatic carboxylic acids is 4. The summed E-state index contributed by atoms with van der Waals surface area (Å²) in [6, 6.07) is 1.21. The first-order valence-electron chi connectivity index (χ1n) is 18.5. The number of amides is 4. The van der Waals surface area contributed by atoms with Gasteiger partial charge < -0.3 is 50.9 Å². The number of carboxylic acid groups (broad SMARTS) is 4. The van der Waals surface area contributed by atoms with Crippen molar-refractivity contribution in [1.82, 2.24) is 60.8 Å². The first-order valence-corrected chi connectivity index (χ1v) is 24.5. The van der Waals surface area contributed by atoms with Crippen LogP contribution >= 0.6 is 69.7 Å². The molecule has 2 unspecified atom stereocenters. The van der Waals surface area contributed by atoms with E-state index < -0.39 is 95.6 Å². The number of aromatic nitrogens is 8. The van der Waals surface area contributed by atoms with Crippen molar-refractivity contribution in [2.75, 3.05) is 23.0 Å². The first kappa shape index (κ1) is 56.3. The van der Waals surface area contributed by atoms with Crippen LogP contribution in [0.4, 0.5) is 0 Å². The molecule has 8 rings (SSSR count). The molecule has 348 valence electrons. The number of aliphatic hydroxyl groups is 2. The number of thioether (sulfide) groups is 4. The second kappa shape index (κ2) is 25.2. The summed E-state index contributed by atoms with van der Waals surface area (Å²) in [5.74, 6) is -7.51. The molecular formula is C34H30K2N12O14S6. The Hall–Kier alpha value is -2.63. The molecule has 4 aliphatic rings. The molecule has 6 atom stereocenters. The SMILES string of the molecule is O=C(O)Cn1nnnc1SCC1=C(C(=O)[O-])N2C(=O)C(NC(=O)[C@H](O)c3ccsc3)[C@H]2SC1.O=C(O)Cn1nnnc1SCC1=C(C(=O)[O-])N2C(=O)C(NC(=O)[C@H](O)c3ccsc3)[C@H]2SC1.[K+].[K+]. The van der Waals surface area contributed by atoms with E-state index in [-0.39, 0.29) is 147 Å². The summed E-state index contributed by atoms with van der Waals surface area (Å²) in [7, 11) is 0. The van der Waals surface area contributed by atoms with Gasteiger partial charge in [0.1, 0.15) is 35.9 Å². The van der Waals surface area contributed by atoms with Crippen LogP contribution in [0.5, 0.6) is 0 Å². The van der Waals surface area contributed by atoms with Crippen molar-refractivity contribution in [3.8, 4) is 0 Å². The van der Waals surface area contributed by atoms with E-state index in [2.05, 4.69) is 41.7 Å². The van der Waals surface area contributed by atoms with Gasteiger partial charge in [0, 0.05) is 34.1 Å². The van der Waals surface area contributed by atoms with Crippen LogP contribution in [0.1, 0.15) is 23.3 Å². The number of tetrazole rings is 2. The maximum Gasteiger partial charge on any atom is 1.00 e. The molecule has 0 bridgehead atoms. The Morgan fingerprint density at radius 1 is 0.691 bits per heavy atom. The average molecular weight is 1100 g/mol. The normalized spacial score (nSPS) is 20.1. The van der Waals surface area contributed by atoms with Crippen molar-refractivity contribution in [2.45, 2.75) is 58.4 Å². The Labute approximate surface area is 491 Å². The molecule has 4 aromatic rings. The monoisotopic (exact) mass is 1100 g/mol. The van der Waals surface area contributed by atoms with Crippen LogP contribution in [0, 0.1) is 0 Å². The molecule has 4 amide bonds. The summed E-state index contributed by atoms with van der Waals surface area (Å²) in [6.45, 7) is -0.913. The summed E-state index contributed by atoms with van der Waals surface area (Å²) in [5, 5.41) is 93.8. The number of rotatable bonds is 18. The number of carbonyl (C=O) groups is 8. The quantitative estimate of drug-likeness (QED) is 0.0306. The largest absolute Gasteiger partial charge is 1.00 e. The molecule has 0 spiro atoms. The third kappa shape index (κ3) is 12.7. The predicted octanol–water partition coefficient (Wildman–Crippen LogP) is -9.89. The van der Waals surface area contributed by atoms with Crippen LogP contribution < -0.4 is 124 Å². The number of hydrogen-bond donors (Lipinski definition) is 6. The molecule has 0 radical (unpaired) electrons. The van der Waals surface area contributed by atoms with Crippen LogP contribution in [0.3, 0.4) is 0 Å². The zero-order valence-electron chi connectivity index (χ0n) is 35.0. The third-order valence-electron chi connectivity index (χ3n) is 9.61. The van der Waals surface area contributed by atoms with Gasteiger partial charge in [-0.2, -0.15) is 22.7 Å². The third-order valence-corrected chi connectivity index (χ3v) is 15.8. The maximum atomic E-state index is 12.7. The second-order valence-electron chi connectivity index (χ2n) is 13.8. The molecule has 0 aliphatic carbocycles. The maximum absolute atomic E-state index is 12.7. The van der Waals surface area contributed by atoms with E-state index in [9.17, 15) is 58.8 Å². The van der Waals surface area contributed by atoms with Gasteiger partial charge in [-0.05, 0) is 65.7 Å². The Bertz CT molecular complexity index is 2460. The minimum absolute atomic E-state index is 0. The fourth-order valence-electron chi connectivity index (χ4n) is 6.55. The van der Waals surface area contributed by atoms with Crippen LogP contribution in [-0.2, 0) is 51.4 Å². The standard InChI is InChI=1S/2C17H16N6O7S3.2K/c2*24-9(25)3-22-17(19-20-21-22)33-6-8-5-32-15-10(14(28)23(15)11(8)16(29)30)18-13(27)12(26)7-1-2-31-4-7;;/h2*1-2,4,10,12,15,26H,3,5-6H2,(H,18,27)(H,24,25)(H,29,30);;/q;;2*+1/p-2/t2*10?,12-,15-;;/m11../s1. The van der Waals surface area contributed by atoms with Gasteiger partial charge in [0.15, 0.2) is 12.2 Å². The van der Waals surface area contributed by atoms with Gasteiger partial charge >= 0.3 is 115 Å². The number of aliphatic hydroxyl groups excluding tert-OH is 2. The molecular weight excluding hydrogens is 1070 g/mol. The van der Waals surface area contributed by atoms with E-state index in [1.165, 1.54) is 46.2 Å². The molecule has 34 heteroatoms. The average Bonchev–Trinajstić information content (AvgIpc) is 4.14. The van der Waals surface area contributed by atoms with Crippen molar-refractivity contribution in [3.05, 3.63) is 67.3 Å². The molecule has 8 heterocycles. The van der Waals surface area contributed by atoms with E-state index in [0.29, 0.717) is 22.3 Å². The molecule has 2 fully saturated rings. The minimum Gasteiger partial charge on any atom is -0.543 e. The van der Waals surface area contributed by atoms with Crippen molar-refractivity contribution < 1.29 is 172 Å². The summed E-state index contributed by atoms with van der Waals surface area (Å²) >= 11 is 7.18. The molecule has 6 N–H and O–H groups in total. The van der Waals surface area contributed by atoms with E-state index >= 15 is 0 Å².